The van der Waals surface area contributed by atoms with E-state index in [-0.39, 0.29) is 0 Å². The van der Waals surface area contributed by atoms with Crippen LogP contribution in [0.2, 0.25) is 0 Å². The van der Waals surface area contributed by atoms with Gasteiger partial charge in [-0.3, -0.25) is 4.90 Å². The molecule has 0 amide bonds. The number of hydrogen-bond donors (Lipinski definition) is 1. The molecule has 0 aliphatic carbocycles. The maximum atomic E-state index is 13.1. The number of benzene rings is 1. The molecule has 1 aromatic carbocycles. The Bertz CT molecular complexity index is 488. The van der Waals surface area contributed by atoms with E-state index < -0.39 is 18.6 Å². The highest BCUT2D eigenvalue weighted by Crippen LogP contribution is 2.39. The standard InChI is InChI=1S/C15H21F3N2O2/c1-21-11-3-4-14(22-2)12(9-11)13(10-15(16,17)18)20-7-5-19-6-8-20/h3-4,9,13,19H,5-8,10H2,1-2H3/t13-/m0/s1. The van der Waals surface area contributed by atoms with E-state index in [1.807, 2.05) is 4.90 Å². The number of alkyl halides is 3. The summed E-state index contributed by atoms with van der Waals surface area (Å²) in [4.78, 5) is 1.85. The molecular weight excluding hydrogens is 297 g/mol. The molecule has 0 spiro atoms. The predicted molar refractivity (Wildman–Crippen MR) is 77.4 cm³/mol. The lowest BCUT2D eigenvalue weighted by atomic mass is 9.99. The molecule has 1 N–H and O–H groups in total. The molecule has 0 saturated carbocycles. The topological polar surface area (TPSA) is 33.7 Å². The first-order valence-electron chi connectivity index (χ1n) is 7.18. The average Bonchev–Trinajstić information content (AvgIpc) is 2.52. The van der Waals surface area contributed by atoms with E-state index in [9.17, 15) is 13.2 Å². The fraction of sp³-hybridized carbons (Fsp3) is 0.600. The van der Waals surface area contributed by atoms with Crippen LogP contribution in [0.25, 0.3) is 0 Å². The SMILES string of the molecule is COc1ccc(OC)c([C@H](CC(F)(F)F)N2CCNCC2)c1. The van der Waals surface area contributed by atoms with Crippen LogP contribution in [0.5, 0.6) is 11.5 Å². The van der Waals surface area contributed by atoms with Crippen molar-refractivity contribution >= 4 is 0 Å². The van der Waals surface area contributed by atoms with Crippen molar-refractivity contribution in [3.63, 3.8) is 0 Å². The van der Waals surface area contributed by atoms with Crippen molar-refractivity contribution < 1.29 is 22.6 Å². The minimum atomic E-state index is -4.25. The van der Waals surface area contributed by atoms with E-state index in [0.717, 1.165) is 0 Å². The van der Waals surface area contributed by atoms with Crippen molar-refractivity contribution in [2.75, 3.05) is 40.4 Å². The van der Waals surface area contributed by atoms with Crippen molar-refractivity contribution in [2.45, 2.75) is 18.6 Å². The van der Waals surface area contributed by atoms with Gasteiger partial charge in [-0.05, 0) is 18.2 Å². The second kappa shape index (κ2) is 7.19. The third kappa shape index (κ3) is 4.27. The van der Waals surface area contributed by atoms with Crippen LogP contribution in [0.15, 0.2) is 18.2 Å². The summed E-state index contributed by atoms with van der Waals surface area (Å²) in [6.45, 7) is 2.50. The van der Waals surface area contributed by atoms with Gasteiger partial charge in [0.2, 0.25) is 0 Å². The van der Waals surface area contributed by atoms with Crippen LogP contribution in [-0.2, 0) is 0 Å². The number of rotatable bonds is 5. The van der Waals surface area contributed by atoms with Crippen molar-refractivity contribution in [1.82, 2.24) is 10.2 Å². The van der Waals surface area contributed by atoms with Gasteiger partial charge in [-0.2, -0.15) is 13.2 Å². The Kier molecular flexibility index (Phi) is 5.52. The van der Waals surface area contributed by atoms with Gasteiger partial charge in [0.15, 0.2) is 0 Å². The minimum Gasteiger partial charge on any atom is -0.497 e. The molecule has 7 heteroatoms. The molecule has 1 aromatic rings. The van der Waals surface area contributed by atoms with Crippen LogP contribution in [-0.4, -0.2) is 51.5 Å². The number of piperazine rings is 1. The van der Waals surface area contributed by atoms with Crippen molar-refractivity contribution in [2.24, 2.45) is 0 Å². The summed E-state index contributed by atoms with van der Waals surface area (Å²) in [6.07, 6.45) is -5.15. The van der Waals surface area contributed by atoms with Gasteiger partial charge in [-0.1, -0.05) is 0 Å². The zero-order valence-electron chi connectivity index (χ0n) is 12.7. The highest BCUT2D eigenvalue weighted by atomic mass is 19.4. The molecule has 0 unspecified atom stereocenters. The van der Waals surface area contributed by atoms with Gasteiger partial charge in [0.05, 0.1) is 20.6 Å². The summed E-state index contributed by atoms with van der Waals surface area (Å²) in [6, 6.07) is 4.20. The molecule has 22 heavy (non-hydrogen) atoms. The third-order valence-electron chi connectivity index (χ3n) is 3.81. The summed E-state index contributed by atoms with van der Waals surface area (Å²) in [5.74, 6) is 0.978. The van der Waals surface area contributed by atoms with Gasteiger partial charge < -0.3 is 14.8 Å². The first-order valence-corrected chi connectivity index (χ1v) is 7.18. The van der Waals surface area contributed by atoms with Crippen molar-refractivity contribution in [1.29, 1.82) is 0 Å². The number of methoxy groups -OCH3 is 2. The molecular formula is C15H21F3N2O2. The molecule has 1 saturated heterocycles. The number of halogens is 3. The number of nitrogens with one attached hydrogen (secondary N) is 1. The van der Waals surface area contributed by atoms with E-state index in [4.69, 9.17) is 9.47 Å². The van der Waals surface area contributed by atoms with E-state index in [1.54, 1.807) is 18.2 Å². The van der Waals surface area contributed by atoms with Gasteiger partial charge in [0.25, 0.3) is 0 Å². The second-order valence-corrected chi connectivity index (χ2v) is 5.23. The van der Waals surface area contributed by atoms with Crippen molar-refractivity contribution in [3.8, 4) is 11.5 Å². The van der Waals surface area contributed by atoms with Gasteiger partial charge in [0, 0.05) is 37.8 Å². The fourth-order valence-corrected chi connectivity index (χ4v) is 2.75. The lowest BCUT2D eigenvalue weighted by Gasteiger charge is -2.36. The normalized spacial score (nSPS) is 18.0. The van der Waals surface area contributed by atoms with Gasteiger partial charge in [-0.25, -0.2) is 0 Å². The maximum absolute atomic E-state index is 13.1. The van der Waals surface area contributed by atoms with Crippen LogP contribution in [0.3, 0.4) is 0 Å². The summed E-state index contributed by atoms with van der Waals surface area (Å²) >= 11 is 0. The first-order chi connectivity index (χ1) is 10.4. The Morgan fingerprint density at radius 1 is 1.18 bits per heavy atom. The van der Waals surface area contributed by atoms with E-state index in [0.29, 0.717) is 43.2 Å². The highest BCUT2D eigenvalue weighted by molar-refractivity contribution is 5.42. The van der Waals surface area contributed by atoms with Gasteiger partial charge in [-0.15, -0.1) is 0 Å². The van der Waals surface area contributed by atoms with Gasteiger partial charge >= 0.3 is 6.18 Å². The molecule has 0 aromatic heterocycles. The zero-order chi connectivity index (χ0) is 16.2. The zero-order valence-corrected chi connectivity index (χ0v) is 12.7. The van der Waals surface area contributed by atoms with Crippen molar-refractivity contribution in [3.05, 3.63) is 23.8 Å². The Morgan fingerprint density at radius 3 is 2.41 bits per heavy atom. The Hall–Kier alpha value is -1.47. The van der Waals surface area contributed by atoms with Crippen LogP contribution < -0.4 is 14.8 Å². The number of hydrogen-bond acceptors (Lipinski definition) is 4. The van der Waals surface area contributed by atoms with Crippen LogP contribution >= 0.6 is 0 Å². The number of ether oxygens (including phenoxy) is 2. The molecule has 1 atom stereocenters. The number of nitrogens with zero attached hydrogens (tertiary/aromatic N) is 1. The summed E-state index contributed by atoms with van der Waals surface area (Å²) in [5, 5.41) is 3.16. The molecule has 0 radical (unpaired) electrons. The molecule has 1 heterocycles. The molecule has 1 aliphatic rings. The molecule has 0 bridgehead atoms. The minimum absolute atomic E-state index is 0.452. The highest BCUT2D eigenvalue weighted by Gasteiger charge is 2.37. The Balaban J connectivity index is 2.38. The lowest BCUT2D eigenvalue weighted by molar-refractivity contribution is -0.148. The fourth-order valence-electron chi connectivity index (χ4n) is 2.75. The maximum Gasteiger partial charge on any atom is 0.390 e. The second-order valence-electron chi connectivity index (χ2n) is 5.23. The molecule has 2 rings (SSSR count). The molecule has 1 fully saturated rings. The van der Waals surface area contributed by atoms with Crippen LogP contribution in [0.1, 0.15) is 18.0 Å². The largest absolute Gasteiger partial charge is 0.497 e. The molecule has 124 valence electrons. The summed E-state index contributed by atoms with van der Waals surface area (Å²) in [5.41, 5.74) is 0.515. The van der Waals surface area contributed by atoms with Crippen LogP contribution in [0.4, 0.5) is 13.2 Å². The third-order valence-corrected chi connectivity index (χ3v) is 3.81. The Morgan fingerprint density at radius 2 is 1.86 bits per heavy atom. The van der Waals surface area contributed by atoms with E-state index >= 15 is 0 Å². The Labute approximate surface area is 128 Å². The van der Waals surface area contributed by atoms with E-state index in [1.165, 1.54) is 14.2 Å². The van der Waals surface area contributed by atoms with Gasteiger partial charge in [0.1, 0.15) is 11.5 Å². The summed E-state index contributed by atoms with van der Waals surface area (Å²) in [7, 11) is 2.96. The first kappa shape index (κ1) is 16.9. The quantitative estimate of drug-likeness (QED) is 0.905. The monoisotopic (exact) mass is 318 g/mol. The molecule has 4 nitrogen and oxygen atoms in total. The van der Waals surface area contributed by atoms with E-state index in [2.05, 4.69) is 5.32 Å². The molecule has 1 aliphatic heterocycles. The lowest BCUT2D eigenvalue weighted by Crippen LogP contribution is -2.46. The summed E-state index contributed by atoms with van der Waals surface area (Å²) < 4.78 is 49.6. The van der Waals surface area contributed by atoms with Crippen LogP contribution in [0, 0.1) is 0 Å². The predicted octanol–water partition coefficient (Wildman–Crippen LogP) is 2.60. The smallest absolute Gasteiger partial charge is 0.390 e. The average molecular weight is 318 g/mol.